The highest BCUT2D eigenvalue weighted by Crippen LogP contribution is 2.40. The second-order valence-corrected chi connectivity index (χ2v) is 8.35. The minimum atomic E-state index is -5.89. The maximum atomic E-state index is 13.3. The molecule has 1 aliphatic heterocycles. The molecule has 1 heterocycles. The number of urea groups is 1. The number of allylic oxidation sites excluding steroid dienone is 1. The molecule has 0 saturated carbocycles. The number of anilines is 1. The number of nitrogens with zero attached hydrogens (tertiary/aromatic N) is 3. The van der Waals surface area contributed by atoms with Crippen molar-refractivity contribution in [1.82, 2.24) is 4.90 Å². The van der Waals surface area contributed by atoms with Crippen LogP contribution in [0.15, 0.2) is 30.0 Å². The van der Waals surface area contributed by atoms with Crippen LogP contribution in [0.1, 0.15) is 24.0 Å². The van der Waals surface area contributed by atoms with Gasteiger partial charge in [0, 0.05) is 19.2 Å². The summed E-state index contributed by atoms with van der Waals surface area (Å²) in [4.78, 5) is 14.8. The highest BCUT2D eigenvalue weighted by molar-refractivity contribution is 7.87. The third-order valence-electron chi connectivity index (χ3n) is 4.93. The topological polar surface area (TPSA) is 90.7 Å². The summed E-state index contributed by atoms with van der Waals surface area (Å²) in [5, 5.41) is 8.91. The Morgan fingerprint density at radius 1 is 1.19 bits per heavy atom. The summed E-state index contributed by atoms with van der Waals surface area (Å²) < 4.78 is 104. The van der Waals surface area contributed by atoms with E-state index in [9.17, 15) is 39.6 Å². The Morgan fingerprint density at radius 2 is 1.84 bits per heavy atom. The van der Waals surface area contributed by atoms with Gasteiger partial charge in [-0.2, -0.15) is 40.0 Å². The zero-order chi connectivity index (χ0) is 23.4. The van der Waals surface area contributed by atoms with E-state index in [0.29, 0.717) is 6.07 Å². The average Bonchev–Trinajstić information content (AvgIpc) is 2.90. The molecule has 168 valence electrons. The largest absolute Gasteiger partial charge is 0.534 e. The number of alkyl halides is 6. The number of benzene rings is 1. The molecule has 14 heteroatoms. The standard InChI is InChI=1S/C17H13F6N3O4S/c1-25-14-7-11(30-31(28,29)17(21,22)23)4-5-13(14)26(15(25)27)10-3-2-9(8-24)12(6-10)16(18,19)20/h2-3,6-7,13-14H,4-5H2,1H3/t13-,14+/m0/s1. The van der Waals surface area contributed by atoms with Crippen molar-refractivity contribution in [2.75, 3.05) is 11.9 Å². The van der Waals surface area contributed by atoms with Crippen LogP contribution in [0.3, 0.4) is 0 Å². The van der Waals surface area contributed by atoms with Gasteiger partial charge in [-0.3, -0.25) is 4.90 Å². The Balaban J connectivity index is 1.96. The number of likely N-dealkylation sites (N-methyl/N-ethyl adjacent to an activating group) is 1. The maximum Gasteiger partial charge on any atom is 0.534 e. The third-order valence-corrected chi connectivity index (χ3v) is 5.93. The van der Waals surface area contributed by atoms with Crippen molar-refractivity contribution in [2.24, 2.45) is 0 Å². The fourth-order valence-electron chi connectivity index (χ4n) is 3.51. The minimum Gasteiger partial charge on any atom is -0.381 e. The van der Waals surface area contributed by atoms with E-state index in [0.717, 1.165) is 28.0 Å². The zero-order valence-corrected chi connectivity index (χ0v) is 16.3. The molecule has 7 nitrogen and oxygen atoms in total. The van der Waals surface area contributed by atoms with E-state index in [2.05, 4.69) is 4.18 Å². The first-order valence-corrected chi connectivity index (χ1v) is 9.97. The molecule has 2 amide bonds. The number of rotatable bonds is 3. The Hall–Kier alpha value is -2.95. The van der Waals surface area contributed by atoms with E-state index in [1.807, 2.05) is 0 Å². The lowest BCUT2D eigenvalue weighted by Gasteiger charge is -2.30. The van der Waals surface area contributed by atoms with Crippen LogP contribution in [0.25, 0.3) is 0 Å². The summed E-state index contributed by atoms with van der Waals surface area (Å²) in [6, 6.07) is 1.68. The maximum absolute atomic E-state index is 13.3. The molecule has 1 saturated heterocycles. The van der Waals surface area contributed by atoms with E-state index in [4.69, 9.17) is 5.26 Å². The van der Waals surface area contributed by atoms with Crippen molar-refractivity contribution in [2.45, 2.75) is 36.6 Å². The molecule has 1 aromatic carbocycles. The smallest absolute Gasteiger partial charge is 0.381 e. The lowest BCUT2D eigenvalue weighted by molar-refractivity contribution is -0.137. The van der Waals surface area contributed by atoms with Gasteiger partial charge in [-0.25, -0.2) is 4.79 Å². The summed E-state index contributed by atoms with van der Waals surface area (Å²) in [6.07, 6.45) is -4.18. The van der Waals surface area contributed by atoms with Gasteiger partial charge in [-0.1, -0.05) is 0 Å². The predicted octanol–water partition coefficient (Wildman–Crippen LogP) is 3.73. The Kier molecular flexibility index (Phi) is 5.37. The van der Waals surface area contributed by atoms with Crippen LogP contribution < -0.4 is 4.90 Å². The van der Waals surface area contributed by atoms with Gasteiger partial charge in [0.1, 0.15) is 5.76 Å². The highest BCUT2D eigenvalue weighted by atomic mass is 32.2. The number of halogens is 6. The fourth-order valence-corrected chi connectivity index (χ4v) is 4.03. The van der Waals surface area contributed by atoms with Crippen LogP contribution in [0.2, 0.25) is 0 Å². The SMILES string of the molecule is CN1C(=O)N(c2ccc(C#N)c(C(F)(F)F)c2)[C@H]2CCC(OS(=O)(=O)C(F)(F)F)=C[C@H]21. The van der Waals surface area contributed by atoms with Crippen molar-refractivity contribution < 1.29 is 43.7 Å². The summed E-state index contributed by atoms with van der Waals surface area (Å²) in [7, 11) is -4.62. The van der Waals surface area contributed by atoms with Crippen molar-refractivity contribution in [1.29, 1.82) is 5.26 Å². The van der Waals surface area contributed by atoms with Crippen molar-refractivity contribution in [3.05, 3.63) is 41.2 Å². The first-order chi connectivity index (χ1) is 14.2. The molecule has 31 heavy (non-hydrogen) atoms. The van der Waals surface area contributed by atoms with E-state index < -0.39 is 56.8 Å². The van der Waals surface area contributed by atoms with Gasteiger partial charge in [0.2, 0.25) is 0 Å². The monoisotopic (exact) mass is 469 g/mol. The van der Waals surface area contributed by atoms with Crippen LogP contribution in [0.4, 0.5) is 36.8 Å². The quantitative estimate of drug-likeness (QED) is 0.382. The van der Waals surface area contributed by atoms with Gasteiger partial charge >= 0.3 is 27.8 Å². The highest BCUT2D eigenvalue weighted by Gasteiger charge is 2.51. The molecule has 0 spiro atoms. The fraction of sp³-hybridized carbons (Fsp3) is 0.412. The van der Waals surface area contributed by atoms with Crippen LogP contribution >= 0.6 is 0 Å². The summed E-state index contributed by atoms with van der Waals surface area (Å²) >= 11 is 0. The predicted molar refractivity (Wildman–Crippen MR) is 92.7 cm³/mol. The Morgan fingerprint density at radius 3 is 2.39 bits per heavy atom. The molecule has 0 bridgehead atoms. The van der Waals surface area contributed by atoms with Gasteiger partial charge < -0.3 is 9.08 Å². The second kappa shape index (κ2) is 7.33. The van der Waals surface area contributed by atoms with Crippen molar-refractivity contribution in [3.63, 3.8) is 0 Å². The zero-order valence-electron chi connectivity index (χ0n) is 15.5. The molecular formula is C17H13F6N3O4S. The molecule has 1 aromatic rings. The number of carbonyl (C=O) groups excluding carboxylic acids is 1. The molecule has 0 N–H and O–H groups in total. The second-order valence-electron chi connectivity index (χ2n) is 6.82. The number of amides is 2. The first kappa shape index (κ1) is 22.7. The number of hydrogen-bond donors (Lipinski definition) is 0. The van der Waals surface area contributed by atoms with Gasteiger partial charge in [0.25, 0.3) is 0 Å². The molecule has 0 aromatic heterocycles. The van der Waals surface area contributed by atoms with Crippen molar-refractivity contribution in [3.8, 4) is 6.07 Å². The number of fused-ring (bicyclic) bond motifs is 1. The van der Waals surface area contributed by atoms with Crippen LogP contribution in [0.5, 0.6) is 0 Å². The lowest BCUT2D eigenvalue weighted by atomic mass is 9.94. The van der Waals surface area contributed by atoms with Crippen molar-refractivity contribution >= 4 is 21.8 Å². The molecule has 3 rings (SSSR count). The Bertz CT molecular complexity index is 1090. The number of nitriles is 1. The van der Waals surface area contributed by atoms with Gasteiger partial charge in [0.05, 0.1) is 29.3 Å². The minimum absolute atomic E-state index is 0.0681. The van der Waals surface area contributed by atoms with Crippen LogP contribution in [-0.2, 0) is 20.5 Å². The number of carbonyl (C=O) groups is 1. The summed E-state index contributed by atoms with van der Waals surface area (Å²) in [5.41, 5.74) is -7.66. The third kappa shape index (κ3) is 4.01. The van der Waals surface area contributed by atoms with E-state index in [1.165, 1.54) is 13.1 Å². The molecule has 0 radical (unpaired) electrons. The molecule has 0 unspecified atom stereocenters. The molecule has 1 aliphatic carbocycles. The number of hydrogen-bond acceptors (Lipinski definition) is 5. The van der Waals surface area contributed by atoms with Gasteiger partial charge in [-0.15, -0.1) is 0 Å². The molecular weight excluding hydrogens is 456 g/mol. The summed E-state index contributed by atoms with van der Waals surface area (Å²) in [6.45, 7) is 0. The van der Waals surface area contributed by atoms with Crippen LogP contribution in [0, 0.1) is 11.3 Å². The first-order valence-electron chi connectivity index (χ1n) is 8.56. The normalized spacial score (nSPS) is 22.1. The van der Waals surface area contributed by atoms with E-state index in [-0.39, 0.29) is 18.5 Å². The summed E-state index contributed by atoms with van der Waals surface area (Å²) in [5.74, 6) is -0.518. The van der Waals surface area contributed by atoms with E-state index >= 15 is 0 Å². The van der Waals surface area contributed by atoms with Gasteiger partial charge in [0.15, 0.2) is 0 Å². The molecule has 2 aliphatic rings. The van der Waals surface area contributed by atoms with Crippen LogP contribution in [-0.4, -0.2) is 44.0 Å². The Labute approximate surface area is 172 Å². The molecule has 1 fully saturated rings. The lowest BCUT2D eigenvalue weighted by Crippen LogP contribution is -2.39. The average molecular weight is 469 g/mol. The molecule has 2 atom stereocenters. The van der Waals surface area contributed by atoms with Gasteiger partial charge in [-0.05, 0) is 30.7 Å². The van der Waals surface area contributed by atoms with E-state index in [1.54, 1.807) is 0 Å².